The van der Waals surface area contributed by atoms with Crippen LogP contribution in [0.1, 0.15) is 55.9 Å². The normalized spacial score (nSPS) is 23.5. The molecule has 0 aromatic heterocycles. The topological polar surface area (TPSA) is 116 Å². The van der Waals surface area contributed by atoms with E-state index in [-0.39, 0.29) is 17.2 Å². The van der Waals surface area contributed by atoms with Gasteiger partial charge in [0.1, 0.15) is 23.5 Å². The number of nitrogens with zero attached hydrogens (tertiary/aromatic N) is 1. The Kier molecular flexibility index (Phi) is 5.86. The minimum atomic E-state index is -1.13. The van der Waals surface area contributed by atoms with Gasteiger partial charge in [0.2, 0.25) is 11.8 Å². The third-order valence-corrected chi connectivity index (χ3v) is 7.06. The van der Waals surface area contributed by atoms with Crippen molar-refractivity contribution in [2.75, 3.05) is 0 Å². The van der Waals surface area contributed by atoms with Crippen molar-refractivity contribution in [1.82, 2.24) is 15.5 Å². The Bertz CT molecular complexity index is 900. The van der Waals surface area contributed by atoms with Crippen LogP contribution in [-0.4, -0.2) is 56.6 Å². The molecule has 8 nitrogen and oxygen atoms in total. The summed E-state index contributed by atoms with van der Waals surface area (Å²) in [6.07, 6.45) is 0. The zero-order valence-electron chi connectivity index (χ0n) is 17.6. The third kappa shape index (κ3) is 3.78. The number of amides is 3. The molecule has 3 amide bonds. The van der Waals surface area contributed by atoms with Crippen molar-refractivity contribution < 1.29 is 24.3 Å². The summed E-state index contributed by atoms with van der Waals surface area (Å²) < 4.78 is -0.560. The van der Waals surface area contributed by atoms with Crippen molar-refractivity contribution in [2.24, 2.45) is 5.92 Å². The van der Waals surface area contributed by atoms with Crippen molar-refractivity contribution >= 4 is 35.5 Å². The van der Waals surface area contributed by atoms with Gasteiger partial charge in [-0.05, 0) is 38.3 Å². The van der Waals surface area contributed by atoms with E-state index in [1.807, 2.05) is 26.0 Å². The smallest absolute Gasteiger partial charge is 0.326 e. The van der Waals surface area contributed by atoms with Gasteiger partial charge in [-0.15, -0.1) is 11.8 Å². The highest BCUT2D eigenvalue weighted by atomic mass is 32.2. The van der Waals surface area contributed by atoms with Gasteiger partial charge in [0.25, 0.3) is 5.91 Å². The SMILES string of the molecule is CC(C)[C@@H](NC(=O)[C@H](C)NC(=O)[C@@H]1N2C(=O)c3ccccc3[C@H]2SC1(C)C)C(=O)O. The van der Waals surface area contributed by atoms with Crippen molar-refractivity contribution in [3.05, 3.63) is 35.4 Å². The van der Waals surface area contributed by atoms with E-state index in [9.17, 15) is 24.3 Å². The Balaban J connectivity index is 1.76. The van der Waals surface area contributed by atoms with E-state index in [0.717, 1.165) is 5.56 Å². The molecule has 3 N–H and O–H groups in total. The van der Waals surface area contributed by atoms with E-state index >= 15 is 0 Å². The summed E-state index contributed by atoms with van der Waals surface area (Å²) in [7, 11) is 0. The predicted molar refractivity (Wildman–Crippen MR) is 113 cm³/mol. The number of hydrogen-bond donors (Lipinski definition) is 3. The molecule has 2 aliphatic rings. The molecule has 0 radical (unpaired) electrons. The molecule has 0 aliphatic carbocycles. The maximum absolute atomic E-state index is 13.2. The Hall–Kier alpha value is -2.55. The molecule has 0 bridgehead atoms. The van der Waals surface area contributed by atoms with Crippen LogP contribution in [0.2, 0.25) is 0 Å². The number of carbonyl (C=O) groups excluding carboxylic acids is 3. The fourth-order valence-electron chi connectivity index (χ4n) is 3.95. The van der Waals surface area contributed by atoms with E-state index in [1.165, 1.54) is 6.92 Å². The van der Waals surface area contributed by atoms with Crippen molar-refractivity contribution in [3.8, 4) is 0 Å². The van der Waals surface area contributed by atoms with Crippen LogP contribution in [0.3, 0.4) is 0 Å². The molecule has 0 unspecified atom stereocenters. The molecule has 4 atom stereocenters. The largest absolute Gasteiger partial charge is 0.480 e. The monoisotopic (exact) mass is 433 g/mol. The molecule has 0 spiro atoms. The lowest BCUT2D eigenvalue weighted by Gasteiger charge is -2.30. The summed E-state index contributed by atoms with van der Waals surface area (Å²) in [5.74, 6) is -2.65. The van der Waals surface area contributed by atoms with Crippen LogP contribution in [0, 0.1) is 5.92 Å². The molecular formula is C21H27N3O5S. The van der Waals surface area contributed by atoms with E-state index in [2.05, 4.69) is 10.6 Å². The first kappa shape index (κ1) is 22.1. The van der Waals surface area contributed by atoms with Gasteiger partial charge in [0, 0.05) is 10.3 Å². The van der Waals surface area contributed by atoms with Gasteiger partial charge in [-0.1, -0.05) is 32.0 Å². The minimum absolute atomic E-state index is 0.198. The Morgan fingerprint density at radius 3 is 2.37 bits per heavy atom. The second kappa shape index (κ2) is 7.94. The molecule has 3 rings (SSSR count). The van der Waals surface area contributed by atoms with Crippen molar-refractivity contribution in [1.29, 1.82) is 0 Å². The number of thioether (sulfide) groups is 1. The maximum atomic E-state index is 13.2. The molecule has 0 saturated carbocycles. The zero-order valence-corrected chi connectivity index (χ0v) is 18.4. The lowest BCUT2D eigenvalue weighted by atomic mass is 10.00. The number of fused-ring (bicyclic) bond motifs is 3. The minimum Gasteiger partial charge on any atom is -0.480 e. The summed E-state index contributed by atoms with van der Waals surface area (Å²) in [6, 6.07) is 4.57. The fraction of sp³-hybridized carbons (Fsp3) is 0.524. The first-order chi connectivity index (χ1) is 14.0. The molecule has 2 aliphatic heterocycles. The lowest BCUT2D eigenvalue weighted by Crippen LogP contribution is -2.57. The predicted octanol–water partition coefficient (Wildman–Crippen LogP) is 1.77. The molecule has 30 heavy (non-hydrogen) atoms. The van der Waals surface area contributed by atoms with Crippen LogP contribution in [-0.2, 0) is 14.4 Å². The van der Waals surface area contributed by atoms with E-state index < -0.39 is 40.7 Å². The molecule has 2 heterocycles. The van der Waals surface area contributed by atoms with Crippen molar-refractivity contribution in [3.63, 3.8) is 0 Å². The number of nitrogens with one attached hydrogen (secondary N) is 2. The summed E-state index contributed by atoms with van der Waals surface area (Å²) >= 11 is 1.54. The fourth-order valence-corrected chi connectivity index (χ4v) is 5.54. The molecule has 1 aromatic carbocycles. The number of carboxylic acid groups (broad SMARTS) is 1. The van der Waals surface area contributed by atoms with Crippen LogP contribution in [0.4, 0.5) is 0 Å². The van der Waals surface area contributed by atoms with Gasteiger partial charge in [0.05, 0.1) is 0 Å². The van der Waals surface area contributed by atoms with Crippen LogP contribution in [0.25, 0.3) is 0 Å². The van der Waals surface area contributed by atoms with Crippen molar-refractivity contribution in [2.45, 2.75) is 62.9 Å². The second-order valence-corrected chi connectivity index (χ2v) is 10.3. The number of aliphatic carboxylic acids is 1. The maximum Gasteiger partial charge on any atom is 0.326 e. The summed E-state index contributed by atoms with van der Waals surface area (Å²) in [4.78, 5) is 51.5. The molecule has 1 aromatic rings. The van der Waals surface area contributed by atoms with E-state index in [4.69, 9.17) is 0 Å². The zero-order chi connectivity index (χ0) is 22.4. The molecule has 162 valence electrons. The number of rotatable bonds is 6. The molecule has 1 fully saturated rings. The lowest BCUT2D eigenvalue weighted by molar-refractivity contribution is -0.143. The summed E-state index contributed by atoms with van der Waals surface area (Å²) in [5.41, 5.74) is 1.48. The van der Waals surface area contributed by atoms with Gasteiger partial charge in [0.15, 0.2) is 0 Å². The first-order valence-electron chi connectivity index (χ1n) is 9.88. The highest BCUT2D eigenvalue weighted by molar-refractivity contribution is 8.01. The van der Waals surface area contributed by atoms with E-state index in [1.54, 1.807) is 42.6 Å². The van der Waals surface area contributed by atoms with Gasteiger partial charge >= 0.3 is 5.97 Å². The highest BCUT2D eigenvalue weighted by Gasteiger charge is 2.57. The van der Waals surface area contributed by atoms with E-state index in [0.29, 0.717) is 5.56 Å². The Morgan fingerprint density at radius 1 is 1.13 bits per heavy atom. The number of carbonyl (C=O) groups is 4. The second-order valence-electron chi connectivity index (χ2n) is 8.57. The molecular weight excluding hydrogens is 406 g/mol. The number of carboxylic acids is 1. The Labute approximate surface area is 179 Å². The van der Waals surface area contributed by atoms with Gasteiger partial charge in [-0.2, -0.15) is 0 Å². The summed E-state index contributed by atoms with van der Waals surface area (Å²) in [6.45, 7) is 8.69. The van der Waals surface area contributed by atoms with Gasteiger partial charge in [-0.25, -0.2) is 4.79 Å². The number of hydrogen-bond acceptors (Lipinski definition) is 5. The highest BCUT2D eigenvalue weighted by Crippen LogP contribution is 2.56. The third-order valence-electron chi connectivity index (χ3n) is 5.53. The first-order valence-corrected chi connectivity index (χ1v) is 10.8. The average Bonchev–Trinajstić information content (AvgIpc) is 3.08. The summed E-state index contributed by atoms with van der Waals surface area (Å²) in [5, 5.41) is 14.1. The average molecular weight is 434 g/mol. The van der Waals surface area contributed by atoms with Crippen LogP contribution < -0.4 is 10.6 Å². The quantitative estimate of drug-likeness (QED) is 0.630. The Morgan fingerprint density at radius 2 is 1.77 bits per heavy atom. The van der Waals surface area contributed by atoms with Crippen LogP contribution >= 0.6 is 11.8 Å². The molecule has 1 saturated heterocycles. The standard InChI is InChI=1S/C21H27N3O5S/c1-10(2)14(20(28)29)23-16(25)11(3)22-17(26)15-21(4,5)30-19-13-9-7-6-8-12(13)18(27)24(15)19/h6-11,14-15,19H,1-5H3,(H,22,26)(H,23,25)(H,28,29)/t11-,14+,15-,19+/m0/s1. The van der Waals surface area contributed by atoms with Gasteiger partial charge in [-0.3, -0.25) is 14.4 Å². The van der Waals surface area contributed by atoms with Crippen LogP contribution in [0.5, 0.6) is 0 Å². The van der Waals surface area contributed by atoms with Crippen LogP contribution in [0.15, 0.2) is 24.3 Å². The van der Waals surface area contributed by atoms with Gasteiger partial charge < -0.3 is 20.6 Å². The molecule has 9 heteroatoms. The number of benzene rings is 1.